The third-order valence-corrected chi connectivity index (χ3v) is 5.66. The quantitative estimate of drug-likeness (QED) is 0.335. The van der Waals surface area contributed by atoms with E-state index in [1.54, 1.807) is 6.92 Å². The highest BCUT2D eigenvalue weighted by Crippen LogP contribution is 2.35. The standard InChI is InChI=1S/C17H10B4Br2O5/c1-2-8-9(15(24)5-3-6(22)16(25)7(23)4-5)10-11(18)12(19)14(21(26)27)13(20)17(10)28-8/h3-4,25-27H,2H2,1H3. The minimum Gasteiger partial charge on any atom is -0.506 e. The van der Waals surface area contributed by atoms with Crippen molar-refractivity contribution in [3.05, 3.63) is 38.0 Å². The topological polar surface area (TPSA) is 90.9 Å². The van der Waals surface area contributed by atoms with Crippen LogP contribution >= 0.6 is 31.9 Å². The van der Waals surface area contributed by atoms with E-state index >= 15 is 0 Å². The molecule has 0 fully saturated rings. The molecule has 0 amide bonds. The molecule has 5 nitrogen and oxygen atoms in total. The lowest BCUT2D eigenvalue weighted by Crippen LogP contribution is -2.56. The second-order valence-electron chi connectivity index (χ2n) is 6.10. The number of ketones is 1. The number of phenols is 1. The maximum absolute atomic E-state index is 13.3. The number of carbonyl (C=O) groups is 1. The fourth-order valence-corrected chi connectivity index (χ4v) is 4.27. The molecule has 2 aromatic carbocycles. The molecule has 1 aromatic heterocycles. The van der Waals surface area contributed by atoms with Gasteiger partial charge in [0, 0.05) is 17.4 Å². The SMILES string of the molecule is [B]c1c(B(O)O)c([B])c2oc(CC)c(C(=O)c3cc(Br)c(O)c(Br)c3)c2c1[B]. The Morgan fingerprint density at radius 1 is 1.11 bits per heavy atom. The highest BCUT2D eigenvalue weighted by atomic mass is 79.9. The molecular formula is C17H10B4Br2O5. The summed E-state index contributed by atoms with van der Waals surface area (Å²) in [6, 6.07) is 2.94. The Balaban J connectivity index is 2.37. The van der Waals surface area contributed by atoms with Gasteiger partial charge < -0.3 is 19.6 Å². The molecule has 0 aliphatic heterocycles. The van der Waals surface area contributed by atoms with Crippen molar-refractivity contribution in [2.75, 3.05) is 0 Å². The van der Waals surface area contributed by atoms with Crippen LogP contribution in [0.15, 0.2) is 25.5 Å². The predicted molar refractivity (Wildman–Crippen MR) is 119 cm³/mol. The van der Waals surface area contributed by atoms with Crippen molar-refractivity contribution in [2.45, 2.75) is 13.3 Å². The van der Waals surface area contributed by atoms with E-state index < -0.39 is 12.9 Å². The monoisotopic (exact) mass is 496 g/mol. The summed E-state index contributed by atoms with van der Waals surface area (Å²) in [6.45, 7) is 1.79. The molecule has 0 atom stereocenters. The van der Waals surface area contributed by atoms with Crippen molar-refractivity contribution in [1.29, 1.82) is 0 Å². The van der Waals surface area contributed by atoms with Gasteiger partial charge in [0.15, 0.2) is 5.78 Å². The molecule has 28 heavy (non-hydrogen) atoms. The summed E-state index contributed by atoms with van der Waals surface area (Å²) in [5.41, 5.74) is 0.0659. The minimum atomic E-state index is -1.95. The van der Waals surface area contributed by atoms with Crippen molar-refractivity contribution < 1.29 is 24.4 Å². The lowest BCUT2D eigenvalue weighted by atomic mass is 9.60. The van der Waals surface area contributed by atoms with Crippen LogP contribution in [0.1, 0.15) is 28.6 Å². The average molecular weight is 497 g/mol. The number of carbonyl (C=O) groups excluding carboxylic acids is 1. The van der Waals surface area contributed by atoms with E-state index in [9.17, 15) is 19.9 Å². The Labute approximate surface area is 182 Å². The molecule has 3 aromatic rings. The normalized spacial score (nSPS) is 11.2. The zero-order valence-electron chi connectivity index (χ0n) is 14.6. The highest BCUT2D eigenvalue weighted by molar-refractivity contribution is 9.11. The first-order valence-electron chi connectivity index (χ1n) is 8.10. The van der Waals surface area contributed by atoms with Gasteiger partial charge in [0.05, 0.1) is 14.5 Å². The van der Waals surface area contributed by atoms with E-state index in [0.717, 1.165) is 0 Å². The summed E-state index contributed by atoms with van der Waals surface area (Å²) >= 11 is 6.40. The number of fused-ring (bicyclic) bond motifs is 1. The number of aryl methyl sites for hydroxylation is 1. The Kier molecular flexibility index (Phi) is 5.92. The number of hydrogen-bond donors (Lipinski definition) is 3. The zero-order chi connectivity index (χ0) is 20.9. The molecule has 0 saturated carbocycles. The molecule has 0 aliphatic carbocycles. The number of rotatable bonds is 4. The number of phenolic OH excluding ortho intramolecular Hbond substituents is 1. The second kappa shape index (κ2) is 7.78. The van der Waals surface area contributed by atoms with Crippen LogP contribution in [0.3, 0.4) is 0 Å². The number of halogens is 2. The van der Waals surface area contributed by atoms with E-state index in [0.29, 0.717) is 21.1 Å². The van der Waals surface area contributed by atoms with Gasteiger partial charge >= 0.3 is 7.12 Å². The third-order valence-electron chi connectivity index (χ3n) is 4.45. The van der Waals surface area contributed by atoms with Crippen LogP contribution in [-0.2, 0) is 6.42 Å². The molecule has 3 rings (SSSR count). The molecule has 3 N–H and O–H groups in total. The molecule has 11 heteroatoms. The van der Waals surface area contributed by atoms with Gasteiger partial charge in [-0.15, -0.1) is 5.46 Å². The third kappa shape index (κ3) is 3.28. The van der Waals surface area contributed by atoms with Crippen molar-refractivity contribution in [2.24, 2.45) is 0 Å². The lowest BCUT2D eigenvalue weighted by molar-refractivity contribution is 0.103. The molecule has 0 bridgehead atoms. The van der Waals surface area contributed by atoms with E-state index in [4.69, 9.17) is 28.0 Å². The number of benzene rings is 2. The van der Waals surface area contributed by atoms with Crippen molar-refractivity contribution in [1.82, 2.24) is 0 Å². The maximum atomic E-state index is 13.3. The van der Waals surface area contributed by atoms with Gasteiger partial charge in [0.1, 0.15) is 40.6 Å². The van der Waals surface area contributed by atoms with Crippen molar-refractivity contribution in [3.63, 3.8) is 0 Å². The van der Waals surface area contributed by atoms with Crippen molar-refractivity contribution in [3.8, 4) is 5.75 Å². The average Bonchev–Trinajstić information content (AvgIpc) is 3.03. The van der Waals surface area contributed by atoms with Crippen LogP contribution in [-0.4, -0.2) is 51.6 Å². The lowest BCUT2D eigenvalue weighted by Gasteiger charge is -2.15. The first-order valence-corrected chi connectivity index (χ1v) is 9.69. The molecule has 1 heterocycles. The summed E-state index contributed by atoms with van der Waals surface area (Å²) in [6.07, 6.45) is 0.353. The van der Waals surface area contributed by atoms with E-state index in [1.807, 2.05) is 0 Å². The van der Waals surface area contributed by atoms with Gasteiger partial charge in [-0.25, -0.2) is 0 Å². The fourth-order valence-electron chi connectivity index (χ4n) is 3.08. The van der Waals surface area contributed by atoms with Gasteiger partial charge in [-0.3, -0.25) is 4.79 Å². The smallest absolute Gasteiger partial charge is 0.487 e. The molecule has 0 saturated heterocycles. The first kappa shape index (κ1) is 21.3. The van der Waals surface area contributed by atoms with Crippen LogP contribution in [0, 0.1) is 0 Å². The summed E-state index contributed by atoms with van der Waals surface area (Å²) in [5, 5.41) is 29.2. The van der Waals surface area contributed by atoms with Crippen LogP contribution in [0.5, 0.6) is 5.75 Å². The molecular weight excluding hydrogens is 487 g/mol. The molecule has 134 valence electrons. The fraction of sp³-hybridized carbons (Fsp3) is 0.118. The van der Waals surface area contributed by atoms with E-state index in [-0.39, 0.29) is 49.7 Å². The van der Waals surface area contributed by atoms with Gasteiger partial charge in [-0.1, -0.05) is 17.8 Å². The van der Waals surface area contributed by atoms with E-state index in [1.165, 1.54) is 12.1 Å². The van der Waals surface area contributed by atoms with Crippen molar-refractivity contribution >= 4 is 101 Å². The molecule has 0 unspecified atom stereocenters. The second-order valence-corrected chi connectivity index (χ2v) is 7.81. The molecule has 0 spiro atoms. The van der Waals surface area contributed by atoms with Crippen LogP contribution in [0.25, 0.3) is 11.0 Å². The van der Waals surface area contributed by atoms with Gasteiger partial charge in [0.25, 0.3) is 0 Å². The van der Waals surface area contributed by atoms with Gasteiger partial charge in [-0.2, -0.15) is 0 Å². The number of hydrogen-bond acceptors (Lipinski definition) is 5. The minimum absolute atomic E-state index is 0.0315. The summed E-state index contributed by atoms with van der Waals surface area (Å²) in [5.74, 6) is -0.138. The molecule has 6 radical (unpaired) electrons. The number of furan rings is 1. The maximum Gasteiger partial charge on any atom is 0.487 e. The Morgan fingerprint density at radius 2 is 1.68 bits per heavy atom. The van der Waals surface area contributed by atoms with Gasteiger partial charge in [-0.05, 0) is 49.5 Å². The largest absolute Gasteiger partial charge is 0.506 e. The Bertz CT molecular complexity index is 1100. The zero-order valence-corrected chi connectivity index (χ0v) is 17.8. The predicted octanol–water partition coefficient (Wildman–Crippen LogP) is -0.482. The van der Waals surface area contributed by atoms with Crippen LogP contribution in [0.4, 0.5) is 0 Å². The Morgan fingerprint density at radius 3 is 2.18 bits per heavy atom. The van der Waals surface area contributed by atoms with E-state index in [2.05, 4.69) is 31.9 Å². The summed E-state index contributed by atoms with van der Waals surface area (Å²) in [4.78, 5) is 13.3. The van der Waals surface area contributed by atoms with Crippen LogP contribution < -0.4 is 21.9 Å². The van der Waals surface area contributed by atoms with Crippen LogP contribution in [0.2, 0.25) is 0 Å². The summed E-state index contributed by atoms with van der Waals surface area (Å²) < 4.78 is 6.41. The Hall–Kier alpha value is -1.41. The number of aromatic hydroxyl groups is 1. The highest BCUT2D eigenvalue weighted by Gasteiger charge is 2.28. The first-order chi connectivity index (χ1) is 13.1. The summed E-state index contributed by atoms with van der Waals surface area (Å²) in [7, 11) is 16.1. The molecule has 0 aliphatic rings. The van der Waals surface area contributed by atoms with Gasteiger partial charge in [0.2, 0.25) is 0 Å².